The van der Waals surface area contributed by atoms with E-state index >= 15 is 0 Å². The van der Waals surface area contributed by atoms with Crippen molar-refractivity contribution < 1.29 is 24.2 Å². The van der Waals surface area contributed by atoms with Crippen LogP contribution in [0.4, 0.5) is 0 Å². The van der Waals surface area contributed by atoms with Crippen molar-refractivity contribution in [3.63, 3.8) is 0 Å². The highest BCUT2D eigenvalue weighted by molar-refractivity contribution is 6.06. The van der Waals surface area contributed by atoms with Gasteiger partial charge in [-0.2, -0.15) is 5.26 Å². The van der Waals surface area contributed by atoms with Crippen molar-refractivity contribution in [2.24, 2.45) is 44.3 Å². The summed E-state index contributed by atoms with van der Waals surface area (Å²) < 4.78 is 5.41. The maximum Gasteiger partial charge on any atom is 0.312 e. The van der Waals surface area contributed by atoms with Gasteiger partial charge in [0.1, 0.15) is 6.07 Å². The third kappa shape index (κ3) is 3.21. The summed E-state index contributed by atoms with van der Waals surface area (Å²) in [6, 6.07) is 2.14. The van der Waals surface area contributed by atoms with Gasteiger partial charge in [-0.05, 0) is 78.8 Å². The Hall–Kier alpha value is -2.30. The van der Waals surface area contributed by atoms with E-state index in [2.05, 4.69) is 39.1 Å². The van der Waals surface area contributed by atoms with E-state index in [1.165, 1.54) is 7.11 Å². The fraction of sp³-hybridized carbons (Fsp3) is 0.758. The van der Waals surface area contributed by atoms with E-state index < -0.39 is 32.6 Å². The molecule has 0 aromatic carbocycles. The SMILES string of the molecule is COC(=O)[C@]12CCC(C)(C)CC1C1C(=O)C=C3[C@@]4(C)C=C(C#N)C(=O)C(C)(C)[C@]4(NCO)CC[C@@]3(C)[C@]1(C)CC2. The van der Waals surface area contributed by atoms with Gasteiger partial charge in [-0.15, -0.1) is 0 Å². The number of Topliss-reactive ketones (excluding diaryl/α,β-unsaturated/α-hetero) is 1. The summed E-state index contributed by atoms with van der Waals surface area (Å²) in [5, 5.41) is 23.5. The molecule has 0 aliphatic heterocycles. The van der Waals surface area contributed by atoms with Crippen LogP contribution in [-0.2, 0) is 19.1 Å². The Balaban J connectivity index is 1.75. The van der Waals surface area contributed by atoms with Crippen LogP contribution in [0.25, 0.3) is 0 Å². The number of ether oxygens (including phenoxy) is 1. The van der Waals surface area contributed by atoms with Crippen molar-refractivity contribution in [2.75, 3.05) is 13.8 Å². The molecule has 0 amide bonds. The van der Waals surface area contributed by atoms with Crippen molar-refractivity contribution in [2.45, 2.75) is 99.0 Å². The molecule has 5 aliphatic carbocycles. The van der Waals surface area contributed by atoms with Crippen LogP contribution >= 0.6 is 0 Å². The van der Waals surface area contributed by atoms with Gasteiger partial charge in [-0.1, -0.05) is 54.5 Å². The number of allylic oxidation sites excluding steroid dienone is 2. The predicted molar refractivity (Wildman–Crippen MR) is 150 cm³/mol. The largest absolute Gasteiger partial charge is 0.469 e. The average Bonchev–Trinajstić information content (AvgIpc) is 2.89. The van der Waals surface area contributed by atoms with Crippen LogP contribution in [0, 0.1) is 55.7 Å². The second kappa shape index (κ2) is 8.61. The van der Waals surface area contributed by atoms with Crippen molar-refractivity contribution in [1.29, 1.82) is 5.26 Å². The molecule has 3 fully saturated rings. The van der Waals surface area contributed by atoms with Crippen LogP contribution in [-0.4, -0.2) is 42.0 Å². The number of aliphatic hydroxyl groups excluding tert-OH is 1. The number of carbonyl (C=O) groups is 3. The second-order valence-electron chi connectivity index (χ2n) is 15.4. The summed E-state index contributed by atoms with van der Waals surface area (Å²) >= 11 is 0. The topological polar surface area (TPSA) is 116 Å². The number of fused-ring (bicyclic) bond motifs is 7. The Morgan fingerprint density at radius 3 is 2.30 bits per heavy atom. The number of aliphatic hydroxyl groups is 1. The lowest BCUT2D eigenvalue weighted by Crippen LogP contribution is -2.75. The van der Waals surface area contributed by atoms with Gasteiger partial charge in [0.05, 0.1) is 24.8 Å². The molecule has 7 heteroatoms. The number of nitriles is 1. The lowest BCUT2D eigenvalue weighted by molar-refractivity contribution is -0.192. The lowest BCUT2D eigenvalue weighted by Gasteiger charge is -2.71. The van der Waals surface area contributed by atoms with Gasteiger partial charge in [0, 0.05) is 22.3 Å². The number of methoxy groups -OCH3 is 1. The molecule has 2 unspecified atom stereocenters. The second-order valence-corrected chi connectivity index (χ2v) is 15.4. The number of ketones is 2. The molecule has 0 bridgehead atoms. The monoisotopic (exact) mass is 550 g/mol. The van der Waals surface area contributed by atoms with Gasteiger partial charge in [0.25, 0.3) is 0 Å². The van der Waals surface area contributed by atoms with E-state index in [4.69, 9.17) is 4.74 Å². The molecule has 40 heavy (non-hydrogen) atoms. The van der Waals surface area contributed by atoms with Crippen molar-refractivity contribution in [3.8, 4) is 6.07 Å². The van der Waals surface area contributed by atoms with Crippen molar-refractivity contribution >= 4 is 17.5 Å². The average molecular weight is 551 g/mol. The number of carbonyl (C=O) groups excluding carboxylic acids is 3. The van der Waals surface area contributed by atoms with Gasteiger partial charge in [0.15, 0.2) is 11.6 Å². The third-order valence-corrected chi connectivity index (χ3v) is 13.2. The quantitative estimate of drug-likeness (QED) is 0.373. The number of nitrogens with zero attached hydrogens (tertiary/aromatic N) is 1. The Labute approximate surface area is 238 Å². The van der Waals surface area contributed by atoms with E-state index in [9.17, 15) is 24.8 Å². The molecule has 0 radical (unpaired) electrons. The fourth-order valence-corrected chi connectivity index (χ4v) is 10.7. The van der Waals surface area contributed by atoms with Crippen molar-refractivity contribution in [3.05, 3.63) is 23.3 Å². The minimum atomic E-state index is -0.993. The van der Waals surface area contributed by atoms with Gasteiger partial charge in [-0.3, -0.25) is 19.7 Å². The van der Waals surface area contributed by atoms with Crippen LogP contribution in [0.5, 0.6) is 0 Å². The summed E-state index contributed by atoms with van der Waals surface area (Å²) in [6.45, 7) is 14.4. The minimum absolute atomic E-state index is 0.0164. The molecule has 0 heterocycles. The maximum absolute atomic E-state index is 14.6. The van der Waals surface area contributed by atoms with E-state index in [1.807, 2.05) is 26.8 Å². The van der Waals surface area contributed by atoms with E-state index in [0.29, 0.717) is 12.8 Å². The lowest BCUT2D eigenvalue weighted by atomic mass is 9.33. The highest BCUT2D eigenvalue weighted by atomic mass is 16.5. The van der Waals surface area contributed by atoms with E-state index in [1.54, 1.807) is 6.08 Å². The Kier molecular flexibility index (Phi) is 6.29. The minimum Gasteiger partial charge on any atom is -0.469 e. The summed E-state index contributed by atoms with van der Waals surface area (Å²) in [5.41, 5.74) is -3.17. The zero-order chi connectivity index (χ0) is 29.7. The predicted octanol–water partition coefficient (Wildman–Crippen LogP) is 5.04. The third-order valence-electron chi connectivity index (χ3n) is 13.2. The molecule has 2 N–H and O–H groups in total. The molecule has 0 aromatic rings. The number of esters is 1. The van der Waals surface area contributed by atoms with E-state index in [0.717, 1.165) is 37.7 Å². The number of nitrogens with one attached hydrogen (secondary N) is 1. The molecular weight excluding hydrogens is 504 g/mol. The highest BCUT2D eigenvalue weighted by Crippen LogP contribution is 2.75. The summed E-state index contributed by atoms with van der Waals surface area (Å²) in [6.07, 6.45) is 8.75. The van der Waals surface area contributed by atoms with Crippen LogP contribution in [0.3, 0.4) is 0 Å². The fourth-order valence-electron chi connectivity index (χ4n) is 10.7. The first kappa shape index (κ1) is 29.2. The van der Waals surface area contributed by atoms with Crippen molar-refractivity contribution in [1.82, 2.24) is 5.32 Å². The summed E-state index contributed by atoms with van der Waals surface area (Å²) in [5.74, 6) is -0.830. The smallest absolute Gasteiger partial charge is 0.312 e. The van der Waals surface area contributed by atoms with Crippen LogP contribution < -0.4 is 5.32 Å². The summed E-state index contributed by atoms with van der Waals surface area (Å²) in [7, 11) is 1.46. The molecule has 0 spiro atoms. The Morgan fingerprint density at radius 1 is 1.05 bits per heavy atom. The van der Waals surface area contributed by atoms with E-state index in [-0.39, 0.29) is 47.1 Å². The highest BCUT2D eigenvalue weighted by Gasteiger charge is 2.74. The van der Waals surface area contributed by atoms with Gasteiger partial charge < -0.3 is 9.84 Å². The molecule has 7 nitrogen and oxygen atoms in total. The molecule has 7 atom stereocenters. The maximum atomic E-state index is 14.6. The standard InChI is InChI=1S/C33H46N2O5/c1-27(2)9-12-32(26(39)40-8)13-10-30(6)24(21(32)17-27)22(37)15-23-29(30,5)11-14-33(35-19-36)28(3,4)25(38)20(18-34)16-31(23,33)7/h15-16,21,24,35-36H,9-14,17,19H2,1-8H3/t21?,24?,29-,30-,31-,32+,33-/m1/s1. The Bertz CT molecular complexity index is 1290. The van der Waals surface area contributed by atoms with Gasteiger partial charge >= 0.3 is 5.97 Å². The zero-order valence-corrected chi connectivity index (χ0v) is 25.5. The van der Waals surface area contributed by atoms with Gasteiger partial charge in [-0.25, -0.2) is 0 Å². The molecule has 5 rings (SSSR count). The first-order valence-corrected chi connectivity index (χ1v) is 14.9. The first-order chi connectivity index (χ1) is 18.5. The first-order valence-electron chi connectivity index (χ1n) is 14.9. The van der Waals surface area contributed by atoms with Crippen LogP contribution in [0.15, 0.2) is 23.3 Å². The molecule has 0 aromatic heterocycles. The molecule has 0 saturated heterocycles. The molecular formula is C33H46N2O5. The number of hydrogen-bond donors (Lipinski definition) is 2. The summed E-state index contributed by atoms with van der Waals surface area (Å²) in [4.78, 5) is 41.6. The molecule has 5 aliphatic rings. The Morgan fingerprint density at radius 2 is 1.70 bits per heavy atom. The van der Waals surface area contributed by atoms with Gasteiger partial charge in [0.2, 0.25) is 0 Å². The number of hydrogen-bond acceptors (Lipinski definition) is 7. The normalized spacial score (nSPS) is 45.0. The number of rotatable bonds is 3. The molecule has 3 saturated carbocycles. The van der Waals surface area contributed by atoms with Crippen LogP contribution in [0.2, 0.25) is 0 Å². The zero-order valence-electron chi connectivity index (χ0n) is 25.5. The molecule has 218 valence electrons. The van der Waals surface area contributed by atoms with Crippen LogP contribution in [0.1, 0.15) is 93.4 Å².